The molecule has 118 valence electrons. The molecule has 2 aliphatic rings. The first kappa shape index (κ1) is 15.5. The predicted molar refractivity (Wildman–Crippen MR) is 82.0 cm³/mol. The van der Waals surface area contributed by atoms with Crippen molar-refractivity contribution < 1.29 is 12.8 Å². The zero-order valence-electron chi connectivity index (χ0n) is 11.8. The number of rotatable bonds is 6. The third kappa shape index (κ3) is 4.07. The van der Waals surface area contributed by atoms with Crippen molar-refractivity contribution in [1.82, 2.24) is 15.2 Å². The summed E-state index contributed by atoms with van der Waals surface area (Å²) in [7, 11) is -3.59. The van der Waals surface area contributed by atoms with E-state index in [1.807, 2.05) is 0 Å². The summed E-state index contributed by atoms with van der Waals surface area (Å²) in [6, 6.07) is 2.14. The number of nitrogens with zero attached hydrogens (tertiary/aromatic N) is 1. The summed E-state index contributed by atoms with van der Waals surface area (Å²) in [6.45, 7) is 2.07. The Morgan fingerprint density at radius 2 is 2.00 bits per heavy atom. The number of piperidine rings is 1. The third-order valence-corrected chi connectivity index (χ3v) is 5.98. The van der Waals surface area contributed by atoms with E-state index in [1.54, 1.807) is 11.1 Å². The molecule has 0 aromatic carbocycles. The Balaban J connectivity index is 1.68. The molecule has 3 rings (SSSR count). The van der Waals surface area contributed by atoms with E-state index in [9.17, 15) is 8.42 Å². The van der Waals surface area contributed by atoms with Crippen LogP contribution in [0.25, 0.3) is 0 Å². The van der Waals surface area contributed by atoms with Crippen LogP contribution >= 0.6 is 15.9 Å². The van der Waals surface area contributed by atoms with Crippen molar-refractivity contribution in [3.8, 4) is 0 Å². The van der Waals surface area contributed by atoms with E-state index in [0.29, 0.717) is 18.3 Å². The summed E-state index contributed by atoms with van der Waals surface area (Å²) in [5.41, 5.74) is 0. The molecule has 1 aliphatic heterocycles. The molecule has 1 aromatic rings. The highest BCUT2D eigenvalue weighted by Gasteiger charge is 2.26. The molecule has 0 amide bonds. The Morgan fingerprint density at radius 1 is 1.29 bits per heavy atom. The van der Waals surface area contributed by atoms with Crippen molar-refractivity contribution in [1.29, 1.82) is 0 Å². The van der Waals surface area contributed by atoms with Crippen LogP contribution in [0, 0.1) is 0 Å². The van der Waals surface area contributed by atoms with Gasteiger partial charge in [0.05, 0.1) is 6.54 Å². The normalized spacial score (nSPS) is 20.8. The number of hydrazine groups is 1. The Hall–Kier alpha value is -0.410. The number of furan rings is 1. The predicted octanol–water partition coefficient (Wildman–Crippen LogP) is 1.97. The maximum absolute atomic E-state index is 12.4. The maximum Gasteiger partial charge on any atom is 0.257 e. The van der Waals surface area contributed by atoms with Gasteiger partial charge in [0, 0.05) is 25.2 Å². The second-order valence-electron chi connectivity index (χ2n) is 5.65. The summed E-state index contributed by atoms with van der Waals surface area (Å²) >= 11 is 3.21. The molecule has 1 saturated carbocycles. The standard InChI is InChI=1S/C13H20BrN3O3S/c14-13-12(8-11(20-13)9-15-10-4-5-10)21(18,19)16-17-6-2-1-3-7-17/h8,10,15-16H,1-7,9H2. The lowest BCUT2D eigenvalue weighted by Crippen LogP contribution is -2.44. The molecular weight excluding hydrogens is 358 g/mol. The van der Waals surface area contributed by atoms with Crippen molar-refractivity contribution in [3.05, 3.63) is 16.5 Å². The van der Waals surface area contributed by atoms with Crippen LogP contribution in [0.15, 0.2) is 20.0 Å². The second-order valence-corrected chi connectivity index (χ2v) is 8.00. The van der Waals surface area contributed by atoms with Crippen LogP contribution in [0.2, 0.25) is 0 Å². The van der Waals surface area contributed by atoms with Crippen LogP contribution in [-0.4, -0.2) is 32.6 Å². The molecule has 8 heteroatoms. The first-order chi connectivity index (χ1) is 10.0. The lowest BCUT2D eigenvalue weighted by molar-refractivity contribution is 0.200. The number of halogens is 1. The minimum atomic E-state index is -3.59. The molecule has 1 aliphatic carbocycles. The summed E-state index contributed by atoms with van der Waals surface area (Å²) < 4.78 is 30.6. The van der Waals surface area contributed by atoms with Gasteiger partial charge in [-0.3, -0.25) is 0 Å². The molecular formula is C13H20BrN3O3S. The van der Waals surface area contributed by atoms with E-state index < -0.39 is 10.0 Å². The Morgan fingerprint density at radius 3 is 2.67 bits per heavy atom. The number of nitrogens with one attached hydrogen (secondary N) is 2. The number of sulfonamides is 1. The first-order valence-corrected chi connectivity index (χ1v) is 9.61. The molecule has 0 spiro atoms. The molecule has 0 atom stereocenters. The average Bonchev–Trinajstić information content (AvgIpc) is 3.19. The van der Waals surface area contributed by atoms with Gasteiger partial charge in [0.1, 0.15) is 10.7 Å². The van der Waals surface area contributed by atoms with Gasteiger partial charge in [-0.05, 0) is 41.6 Å². The number of hydrogen-bond donors (Lipinski definition) is 2. The van der Waals surface area contributed by atoms with Gasteiger partial charge in [-0.25, -0.2) is 13.4 Å². The Kier molecular flexibility index (Phi) is 4.70. The molecule has 0 radical (unpaired) electrons. The topological polar surface area (TPSA) is 74.6 Å². The zero-order chi connectivity index (χ0) is 14.9. The highest BCUT2D eigenvalue weighted by molar-refractivity contribution is 9.10. The lowest BCUT2D eigenvalue weighted by atomic mass is 10.2. The first-order valence-electron chi connectivity index (χ1n) is 7.33. The van der Waals surface area contributed by atoms with Gasteiger partial charge < -0.3 is 9.73 Å². The quantitative estimate of drug-likeness (QED) is 0.792. The number of hydrogen-bond acceptors (Lipinski definition) is 5. The molecule has 2 heterocycles. The Bertz CT molecular complexity index is 592. The van der Waals surface area contributed by atoms with Crippen LogP contribution in [0.3, 0.4) is 0 Å². The molecule has 2 N–H and O–H groups in total. The van der Waals surface area contributed by atoms with E-state index in [0.717, 1.165) is 32.4 Å². The fourth-order valence-corrected chi connectivity index (χ4v) is 4.53. The molecule has 21 heavy (non-hydrogen) atoms. The molecule has 2 fully saturated rings. The average molecular weight is 378 g/mol. The zero-order valence-corrected chi connectivity index (χ0v) is 14.2. The van der Waals surface area contributed by atoms with E-state index in [-0.39, 0.29) is 9.56 Å². The van der Waals surface area contributed by atoms with Gasteiger partial charge in [0.2, 0.25) is 0 Å². The van der Waals surface area contributed by atoms with Gasteiger partial charge in [0.25, 0.3) is 10.0 Å². The largest absolute Gasteiger partial charge is 0.452 e. The van der Waals surface area contributed by atoms with Crippen molar-refractivity contribution >= 4 is 26.0 Å². The van der Waals surface area contributed by atoms with Gasteiger partial charge in [0.15, 0.2) is 4.67 Å². The summed E-state index contributed by atoms with van der Waals surface area (Å²) in [6.07, 6.45) is 5.56. The van der Waals surface area contributed by atoms with Gasteiger partial charge in [-0.1, -0.05) is 6.42 Å². The highest BCUT2D eigenvalue weighted by Crippen LogP contribution is 2.27. The monoisotopic (exact) mass is 377 g/mol. The summed E-state index contributed by atoms with van der Waals surface area (Å²) in [5.74, 6) is 0.632. The minimum absolute atomic E-state index is 0.167. The van der Waals surface area contributed by atoms with Crippen molar-refractivity contribution in [2.75, 3.05) is 13.1 Å². The third-order valence-electron chi connectivity index (χ3n) is 3.74. The minimum Gasteiger partial charge on any atom is -0.452 e. The van der Waals surface area contributed by atoms with Crippen LogP contribution in [0.1, 0.15) is 37.9 Å². The fourth-order valence-electron chi connectivity index (χ4n) is 2.40. The second kappa shape index (κ2) is 6.37. The van der Waals surface area contributed by atoms with E-state index >= 15 is 0 Å². The van der Waals surface area contributed by atoms with Crippen LogP contribution in [-0.2, 0) is 16.6 Å². The smallest absolute Gasteiger partial charge is 0.257 e. The SMILES string of the molecule is O=S(=O)(NN1CCCCC1)c1cc(CNC2CC2)oc1Br. The van der Waals surface area contributed by atoms with Crippen LogP contribution < -0.4 is 10.1 Å². The van der Waals surface area contributed by atoms with Crippen molar-refractivity contribution in [2.45, 2.75) is 49.6 Å². The van der Waals surface area contributed by atoms with E-state index in [4.69, 9.17) is 4.42 Å². The van der Waals surface area contributed by atoms with Gasteiger partial charge in [-0.2, -0.15) is 0 Å². The molecule has 0 bridgehead atoms. The fraction of sp³-hybridized carbons (Fsp3) is 0.692. The Labute approximate surface area is 133 Å². The van der Waals surface area contributed by atoms with Crippen molar-refractivity contribution in [3.63, 3.8) is 0 Å². The molecule has 6 nitrogen and oxygen atoms in total. The van der Waals surface area contributed by atoms with Crippen molar-refractivity contribution in [2.24, 2.45) is 0 Å². The van der Waals surface area contributed by atoms with Crippen LogP contribution in [0.5, 0.6) is 0 Å². The molecule has 1 saturated heterocycles. The van der Waals surface area contributed by atoms with Crippen LogP contribution in [0.4, 0.5) is 0 Å². The summed E-state index contributed by atoms with van der Waals surface area (Å²) in [5, 5.41) is 5.07. The van der Waals surface area contributed by atoms with E-state index in [1.165, 1.54) is 12.8 Å². The van der Waals surface area contributed by atoms with E-state index in [2.05, 4.69) is 26.1 Å². The highest BCUT2D eigenvalue weighted by atomic mass is 79.9. The molecule has 0 unspecified atom stereocenters. The molecule has 1 aromatic heterocycles. The lowest BCUT2D eigenvalue weighted by Gasteiger charge is -2.26. The maximum atomic E-state index is 12.4. The van der Waals surface area contributed by atoms with Gasteiger partial charge >= 0.3 is 0 Å². The summed E-state index contributed by atoms with van der Waals surface area (Å²) in [4.78, 5) is 2.81. The van der Waals surface area contributed by atoms with Gasteiger partial charge in [-0.15, -0.1) is 4.83 Å².